The molecule has 4 heterocycles. The van der Waals surface area contributed by atoms with E-state index in [-0.39, 0.29) is 11.9 Å². The number of likely N-dealkylation sites (tertiary alicyclic amines) is 1. The zero-order valence-electron chi connectivity index (χ0n) is 18.5. The third-order valence-corrected chi connectivity index (χ3v) is 8.02. The molecule has 3 saturated heterocycles. The highest BCUT2D eigenvalue weighted by Crippen LogP contribution is 2.49. The van der Waals surface area contributed by atoms with Gasteiger partial charge in [0.25, 0.3) is 0 Å². The van der Waals surface area contributed by atoms with Crippen molar-refractivity contribution in [2.24, 2.45) is 5.41 Å². The molecule has 4 aliphatic rings. The average molecular weight is 439 g/mol. The fraction of sp³-hybridized carbons (Fsp3) is 0.600. The Balaban J connectivity index is 1.05. The summed E-state index contributed by atoms with van der Waals surface area (Å²) in [5.41, 5.74) is 2.65. The fourth-order valence-corrected chi connectivity index (χ4v) is 6.17. The van der Waals surface area contributed by atoms with Gasteiger partial charge in [-0.2, -0.15) is 0 Å². The molecule has 6 nitrogen and oxygen atoms in total. The molecule has 6 rings (SSSR count). The van der Waals surface area contributed by atoms with Gasteiger partial charge in [0.1, 0.15) is 12.4 Å². The van der Waals surface area contributed by atoms with Crippen LogP contribution in [0.15, 0.2) is 36.9 Å². The number of benzene rings is 1. The smallest absolute Gasteiger partial charge is 0.165 e. The maximum atomic E-state index is 14.5. The zero-order valence-corrected chi connectivity index (χ0v) is 18.5. The number of nitrogens with zero attached hydrogens (tertiary/aromatic N) is 4. The second kappa shape index (κ2) is 8.27. The Morgan fingerprint density at radius 2 is 1.84 bits per heavy atom. The van der Waals surface area contributed by atoms with Crippen LogP contribution in [0.5, 0.6) is 5.75 Å². The van der Waals surface area contributed by atoms with E-state index in [1.54, 1.807) is 6.33 Å². The normalized spacial score (nSPS) is 26.2. The molecular weight excluding hydrogens is 407 g/mol. The molecule has 3 aliphatic heterocycles. The first kappa shape index (κ1) is 20.4. The lowest BCUT2D eigenvalue weighted by Crippen LogP contribution is -2.56. The van der Waals surface area contributed by atoms with E-state index in [0.29, 0.717) is 36.3 Å². The molecular formula is C25H31FN4O2. The van der Waals surface area contributed by atoms with Crippen molar-refractivity contribution in [2.75, 3.05) is 44.3 Å². The van der Waals surface area contributed by atoms with E-state index in [4.69, 9.17) is 9.47 Å². The number of aromatic nitrogens is 2. The number of hydrogen-bond donors (Lipinski definition) is 0. The number of anilines is 1. The van der Waals surface area contributed by atoms with Gasteiger partial charge in [-0.25, -0.2) is 14.4 Å². The summed E-state index contributed by atoms with van der Waals surface area (Å²) in [6, 6.07) is 6.07. The van der Waals surface area contributed by atoms with Crippen LogP contribution in [0, 0.1) is 11.2 Å². The summed E-state index contributed by atoms with van der Waals surface area (Å²) in [6.45, 7) is 5.55. The van der Waals surface area contributed by atoms with Crippen LogP contribution in [0.1, 0.15) is 43.6 Å². The number of rotatable bonds is 5. The van der Waals surface area contributed by atoms with Crippen LogP contribution in [-0.2, 0) is 4.74 Å². The minimum Gasteiger partial charge on any atom is -0.482 e. The van der Waals surface area contributed by atoms with Crippen LogP contribution >= 0.6 is 0 Å². The Labute approximate surface area is 188 Å². The minimum absolute atomic E-state index is 0.00934. The highest BCUT2D eigenvalue weighted by molar-refractivity contribution is 5.46. The Bertz CT molecular complexity index is 940. The summed E-state index contributed by atoms with van der Waals surface area (Å²) in [5.74, 6) is 0.581. The first-order valence-corrected chi connectivity index (χ1v) is 12.0. The molecule has 1 aromatic heterocycles. The van der Waals surface area contributed by atoms with E-state index in [9.17, 15) is 4.39 Å². The molecule has 7 heteroatoms. The third-order valence-electron chi connectivity index (χ3n) is 8.02. The SMILES string of the molecule is Fc1cccc(C2CCN([C@@H]3CCC4(C3)CN(c3cncnc3)C4)CC2)c1OC1COC1. The topological polar surface area (TPSA) is 50.7 Å². The van der Waals surface area contributed by atoms with Crippen molar-refractivity contribution in [1.82, 2.24) is 14.9 Å². The van der Waals surface area contributed by atoms with Gasteiger partial charge in [-0.3, -0.25) is 0 Å². The van der Waals surface area contributed by atoms with Crippen LogP contribution in [0.4, 0.5) is 10.1 Å². The van der Waals surface area contributed by atoms with Crippen molar-refractivity contribution in [3.63, 3.8) is 0 Å². The molecule has 32 heavy (non-hydrogen) atoms. The molecule has 4 fully saturated rings. The van der Waals surface area contributed by atoms with Gasteiger partial charge in [0, 0.05) is 30.1 Å². The zero-order chi connectivity index (χ0) is 21.5. The highest BCUT2D eigenvalue weighted by Gasteiger charge is 2.49. The quantitative estimate of drug-likeness (QED) is 0.711. The molecule has 0 radical (unpaired) electrons. The van der Waals surface area contributed by atoms with Gasteiger partial charge >= 0.3 is 0 Å². The van der Waals surface area contributed by atoms with E-state index in [1.165, 1.54) is 25.3 Å². The predicted molar refractivity (Wildman–Crippen MR) is 120 cm³/mol. The van der Waals surface area contributed by atoms with E-state index < -0.39 is 0 Å². The second-order valence-electron chi connectivity index (χ2n) is 10.1. The molecule has 0 N–H and O–H groups in total. The van der Waals surface area contributed by atoms with Crippen LogP contribution in [0.2, 0.25) is 0 Å². The summed E-state index contributed by atoms with van der Waals surface area (Å²) < 4.78 is 25.7. The Kier molecular flexibility index (Phi) is 5.26. The lowest BCUT2D eigenvalue weighted by atomic mass is 9.77. The van der Waals surface area contributed by atoms with Crippen molar-refractivity contribution in [2.45, 2.75) is 50.2 Å². The average Bonchev–Trinajstić information content (AvgIpc) is 3.23. The number of para-hydroxylation sites is 1. The molecule has 1 aromatic carbocycles. The van der Waals surface area contributed by atoms with Crippen molar-refractivity contribution in [1.29, 1.82) is 0 Å². The van der Waals surface area contributed by atoms with Gasteiger partial charge in [-0.15, -0.1) is 0 Å². The fourth-order valence-electron chi connectivity index (χ4n) is 6.17. The van der Waals surface area contributed by atoms with E-state index in [1.807, 2.05) is 18.5 Å². The van der Waals surface area contributed by atoms with Crippen LogP contribution in [0.3, 0.4) is 0 Å². The lowest BCUT2D eigenvalue weighted by Gasteiger charge is -2.50. The van der Waals surface area contributed by atoms with Crippen LogP contribution < -0.4 is 9.64 Å². The number of ether oxygens (including phenoxy) is 2. The number of piperidine rings is 1. The first-order chi connectivity index (χ1) is 15.7. The van der Waals surface area contributed by atoms with E-state index >= 15 is 0 Å². The van der Waals surface area contributed by atoms with E-state index in [0.717, 1.165) is 50.3 Å². The first-order valence-electron chi connectivity index (χ1n) is 12.0. The molecule has 1 spiro atoms. The Morgan fingerprint density at radius 3 is 2.56 bits per heavy atom. The van der Waals surface area contributed by atoms with Gasteiger partial charge in [-0.1, -0.05) is 12.1 Å². The van der Waals surface area contributed by atoms with E-state index in [2.05, 4.69) is 25.8 Å². The maximum absolute atomic E-state index is 14.5. The maximum Gasteiger partial charge on any atom is 0.165 e. The van der Waals surface area contributed by atoms with Crippen LogP contribution in [0.25, 0.3) is 0 Å². The molecule has 0 unspecified atom stereocenters. The third kappa shape index (κ3) is 3.75. The molecule has 0 bridgehead atoms. The van der Waals surface area contributed by atoms with Gasteiger partial charge in [0.2, 0.25) is 0 Å². The molecule has 170 valence electrons. The van der Waals surface area contributed by atoms with Crippen LogP contribution in [-0.4, -0.2) is 66.4 Å². The van der Waals surface area contributed by atoms with Crippen molar-refractivity contribution in [3.8, 4) is 5.75 Å². The lowest BCUT2D eigenvalue weighted by molar-refractivity contribution is -0.0814. The van der Waals surface area contributed by atoms with Crippen molar-refractivity contribution >= 4 is 5.69 Å². The molecule has 0 amide bonds. The summed E-state index contributed by atoms with van der Waals surface area (Å²) in [5, 5.41) is 0. The number of hydrogen-bond acceptors (Lipinski definition) is 6. The number of halogens is 1. The summed E-state index contributed by atoms with van der Waals surface area (Å²) in [6.07, 6.45) is 11.4. The summed E-state index contributed by atoms with van der Waals surface area (Å²) >= 11 is 0. The summed E-state index contributed by atoms with van der Waals surface area (Å²) in [7, 11) is 0. The summed E-state index contributed by atoms with van der Waals surface area (Å²) in [4.78, 5) is 13.4. The molecule has 1 atom stereocenters. The predicted octanol–water partition coefficient (Wildman–Crippen LogP) is 3.63. The largest absolute Gasteiger partial charge is 0.482 e. The van der Waals surface area contributed by atoms with Gasteiger partial charge in [0.15, 0.2) is 11.6 Å². The van der Waals surface area contributed by atoms with Crippen molar-refractivity contribution in [3.05, 3.63) is 48.3 Å². The van der Waals surface area contributed by atoms with Gasteiger partial charge < -0.3 is 19.3 Å². The molecule has 1 saturated carbocycles. The molecule has 2 aromatic rings. The van der Waals surface area contributed by atoms with Gasteiger partial charge in [-0.05, 0) is 57.2 Å². The monoisotopic (exact) mass is 438 g/mol. The molecule has 1 aliphatic carbocycles. The Hall–Kier alpha value is -2.25. The highest BCUT2D eigenvalue weighted by atomic mass is 19.1. The minimum atomic E-state index is -0.243. The Morgan fingerprint density at radius 1 is 1.06 bits per heavy atom. The standard InChI is InChI=1S/C25H31FN4O2/c26-23-3-1-2-22(24(23)32-21-13-31-14-21)18-5-8-29(9-6-18)19-4-7-25(10-19)15-30(16-25)20-11-27-17-28-12-20/h1-3,11-12,17-19,21H,4-10,13-16H2/t19-/m1/s1. The van der Waals surface area contributed by atoms with Crippen molar-refractivity contribution < 1.29 is 13.9 Å². The van der Waals surface area contributed by atoms with Gasteiger partial charge in [0.05, 0.1) is 31.3 Å². The second-order valence-corrected chi connectivity index (χ2v) is 10.1.